The fourth-order valence-corrected chi connectivity index (χ4v) is 4.23. The van der Waals surface area contributed by atoms with E-state index in [0.717, 1.165) is 24.4 Å². The van der Waals surface area contributed by atoms with Crippen LogP contribution in [-0.2, 0) is 4.79 Å². The van der Waals surface area contributed by atoms with Gasteiger partial charge in [0.2, 0.25) is 5.91 Å². The number of carbonyl (C=O) groups is 2. The summed E-state index contributed by atoms with van der Waals surface area (Å²) in [6.07, 6.45) is 1.26. The molecule has 0 aliphatic carbocycles. The summed E-state index contributed by atoms with van der Waals surface area (Å²) in [6, 6.07) is 2.62. The molecule has 2 fully saturated rings. The third-order valence-electron chi connectivity index (χ3n) is 4.85. The Morgan fingerprint density at radius 1 is 1.12 bits per heavy atom. The van der Waals surface area contributed by atoms with Crippen molar-refractivity contribution in [3.05, 3.63) is 35.4 Å². The second-order valence-corrected chi connectivity index (χ2v) is 7.50. The van der Waals surface area contributed by atoms with Crippen LogP contribution in [0.5, 0.6) is 0 Å². The summed E-state index contributed by atoms with van der Waals surface area (Å²) >= 11 is 1.72. The van der Waals surface area contributed by atoms with Crippen LogP contribution in [0, 0.1) is 17.6 Å². The number of hydrogen-bond acceptors (Lipinski definition) is 4. The SMILES string of the molecule is NC(C(=O)N1CCSC1)C1CCN(C(=O)c2ccc(F)c(F)c2)CC1. The number of carbonyl (C=O) groups excluding carboxylic acids is 2. The van der Waals surface area contributed by atoms with Crippen molar-refractivity contribution in [1.82, 2.24) is 9.80 Å². The summed E-state index contributed by atoms with van der Waals surface area (Å²) in [5.74, 6) is -0.674. The van der Waals surface area contributed by atoms with Gasteiger partial charge < -0.3 is 15.5 Å². The minimum Gasteiger partial charge on any atom is -0.339 e. The highest BCUT2D eigenvalue weighted by Gasteiger charge is 2.33. The molecule has 0 aromatic heterocycles. The highest BCUT2D eigenvalue weighted by atomic mass is 32.2. The lowest BCUT2D eigenvalue weighted by Gasteiger charge is -2.35. The van der Waals surface area contributed by atoms with E-state index in [1.54, 1.807) is 21.6 Å². The second kappa shape index (κ2) is 7.70. The van der Waals surface area contributed by atoms with Crippen LogP contribution in [0.1, 0.15) is 23.2 Å². The Morgan fingerprint density at radius 2 is 1.84 bits per heavy atom. The molecule has 2 N–H and O–H groups in total. The number of halogens is 2. The van der Waals surface area contributed by atoms with Gasteiger partial charge in [0.05, 0.1) is 11.9 Å². The molecule has 8 heteroatoms. The Morgan fingerprint density at radius 3 is 2.44 bits per heavy atom. The Labute approximate surface area is 149 Å². The van der Waals surface area contributed by atoms with Crippen LogP contribution in [0.4, 0.5) is 8.78 Å². The van der Waals surface area contributed by atoms with Gasteiger partial charge >= 0.3 is 0 Å². The maximum Gasteiger partial charge on any atom is 0.253 e. The third-order valence-corrected chi connectivity index (χ3v) is 5.82. The van der Waals surface area contributed by atoms with Crippen molar-refractivity contribution in [2.24, 2.45) is 11.7 Å². The van der Waals surface area contributed by atoms with Gasteiger partial charge in [-0.15, -0.1) is 11.8 Å². The summed E-state index contributed by atoms with van der Waals surface area (Å²) in [5.41, 5.74) is 6.28. The van der Waals surface area contributed by atoms with Crippen LogP contribution in [-0.4, -0.2) is 58.9 Å². The van der Waals surface area contributed by atoms with Crippen LogP contribution >= 0.6 is 11.8 Å². The monoisotopic (exact) mass is 369 g/mol. The second-order valence-electron chi connectivity index (χ2n) is 6.42. The van der Waals surface area contributed by atoms with E-state index in [4.69, 9.17) is 5.73 Å². The highest BCUT2D eigenvalue weighted by molar-refractivity contribution is 7.99. The average Bonchev–Trinajstić information content (AvgIpc) is 3.17. The van der Waals surface area contributed by atoms with E-state index in [9.17, 15) is 18.4 Å². The number of hydrogen-bond donors (Lipinski definition) is 1. The van der Waals surface area contributed by atoms with Crippen molar-refractivity contribution in [3.8, 4) is 0 Å². The Bertz CT molecular complexity index is 659. The lowest BCUT2D eigenvalue weighted by Crippen LogP contribution is -2.50. The zero-order chi connectivity index (χ0) is 18.0. The van der Waals surface area contributed by atoms with Crippen molar-refractivity contribution >= 4 is 23.6 Å². The normalized spacial score (nSPS) is 20.0. The van der Waals surface area contributed by atoms with Crippen LogP contribution in [0.3, 0.4) is 0 Å². The van der Waals surface area contributed by atoms with Gasteiger partial charge in [0.15, 0.2) is 11.6 Å². The maximum absolute atomic E-state index is 13.3. The number of amides is 2. The Hall–Kier alpha value is -1.67. The first-order valence-electron chi connectivity index (χ1n) is 8.34. The molecule has 0 saturated carbocycles. The molecule has 1 unspecified atom stereocenters. The fourth-order valence-electron chi connectivity index (χ4n) is 3.27. The number of thioether (sulfide) groups is 1. The first-order valence-corrected chi connectivity index (χ1v) is 9.49. The molecule has 5 nitrogen and oxygen atoms in total. The van der Waals surface area contributed by atoms with Crippen LogP contribution in [0.15, 0.2) is 18.2 Å². The number of nitrogens with zero attached hydrogens (tertiary/aromatic N) is 2. The van der Waals surface area contributed by atoms with E-state index in [2.05, 4.69) is 0 Å². The Kier molecular flexibility index (Phi) is 5.58. The van der Waals surface area contributed by atoms with E-state index in [0.29, 0.717) is 31.8 Å². The summed E-state index contributed by atoms with van der Waals surface area (Å²) in [6.45, 7) is 1.65. The molecule has 3 rings (SSSR count). The number of likely N-dealkylation sites (tertiary alicyclic amines) is 1. The first-order chi connectivity index (χ1) is 12.0. The van der Waals surface area contributed by atoms with Crippen LogP contribution in [0.2, 0.25) is 0 Å². The zero-order valence-electron chi connectivity index (χ0n) is 13.8. The molecule has 1 aromatic rings. The molecule has 2 aliphatic rings. The predicted octanol–water partition coefficient (Wildman–Crippen LogP) is 1.68. The largest absolute Gasteiger partial charge is 0.339 e. The van der Waals surface area contributed by atoms with E-state index in [-0.39, 0.29) is 23.3 Å². The first kappa shape index (κ1) is 18.1. The van der Waals surface area contributed by atoms with Crippen molar-refractivity contribution in [3.63, 3.8) is 0 Å². The summed E-state index contributed by atoms with van der Waals surface area (Å²) in [7, 11) is 0. The van der Waals surface area contributed by atoms with Gasteiger partial charge in [0.1, 0.15) is 0 Å². The van der Waals surface area contributed by atoms with Gasteiger partial charge in [0.25, 0.3) is 5.91 Å². The number of piperidine rings is 1. The molecule has 0 radical (unpaired) electrons. The van der Waals surface area contributed by atoms with Crippen molar-refractivity contribution in [1.29, 1.82) is 0 Å². The predicted molar refractivity (Wildman–Crippen MR) is 92.0 cm³/mol. The molecule has 2 aliphatic heterocycles. The Balaban J connectivity index is 1.56. The van der Waals surface area contributed by atoms with E-state index >= 15 is 0 Å². The molecule has 0 spiro atoms. The number of nitrogens with two attached hydrogens (primary N) is 1. The quantitative estimate of drug-likeness (QED) is 0.880. The lowest BCUT2D eigenvalue weighted by molar-refractivity contribution is -0.132. The number of benzene rings is 1. The summed E-state index contributed by atoms with van der Waals surface area (Å²) < 4.78 is 26.3. The third kappa shape index (κ3) is 3.95. The molecule has 25 heavy (non-hydrogen) atoms. The molecule has 0 bridgehead atoms. The van der Waals surface area contributed by atoms with Gasteiger partial charge in [-0.2, -0.15) is 0 Å². The molecule has 136 valence electrons. The van der Waals surface area contributed by atoms with E-state index in [1.807, 2.05) is 0 Å². The maximum atomic E-state index is 13.3. The van der Waals surface area contributed by atoms with Gasteiger partial charge in [-0.1, -0.05) is 0 Å². The molecular weight excluding hydrogens is 348 g/mol. The smallest absolute Gasteiger partial charge is 0.253 e. The van der Waals surface area contributed by atoms with Crippen LogP contribution < -0.4 is 5.73 Å². The molecule has 1 atom stereocenters. The van der Waals surface area contributed by atoms with Gasteiger partial charge in [-0.3, -0.25) is 9.59 Å². The summed E-state index contributed by atoms with van der Waals surface area (Å²) in [4.78, 5) is 28.2. The average molecular weight is 369 g/mol. The van der Waals surface area contributed by atoms with Crippen molar-refractivity contribution in [2.45, 2.75) is 18.9 Å². The van der Waals surface area contributed by atoms with Gasteiger partial charge in [0, 0.05) is 31.0 Å². The highest BCUT2D eigenvalue weighted by Crippen LogP contribution is 2.24. The summed E-state index contributed by atoms with van der Waals surface area (Å²) in [5, 5.41) is 0. The van der Waals surface area contributed by atoms with E-state index in [1.165, 1.54) is 6.07 Å². The fraction of sp³-hybridized carbons (Fsp3) is 0.529. The zero-order valence-corrected chi connectivity index (χ0v) is 14.6. The standard InChI is InChI=1S/C17H21F2N3O2S/c18-13-2-1-12(9-14(13)19)16(23)21-5-3-11(4-6-21)15(20)17(24)22-7-8-25-10-22/h1-2,9,11,15H,3-8,10,20H2. The number of rotatable bonds is 3. The molecule has 2 heterocycles. The molecule has 2 saturated heterocycles. The van der Waals surface area contributed by atoms with Crippen molar-refractivity contribution < 1.29 is 18.4 Å². The minimum atomic E-state index is -1.03. The van der Waals surface area contributed by atoms with E-state index < -0.39 is 17.7 Å². The minimum absolute atomic E-state index is 0.0182. The van der Waals surface area contributed by atoms with Gasteiger partial charge in [-0.05, 0) is 37.0 Å². The lowest BCUT2D eigenvalue weighted by atomic mass is 9.89. The molecule has 2 amide bonds. The van der Waals surface area contributed by atoms with Crippen molar-refractivity contribution in [2.75, 3.05) is 31.3 Å². The topological polar surface area (TPSA) is 66.6 Å². The molecule has 1 aromatic carbocycles. The van der Waals surface area contributed by atoms with Crippen LogP contribution in [0.25, 0.3) is 0 Å². The molecular formula is C17H21F2N3O2S. The van der Waals surface area contributed by atoms with Gasteiger partial charge in [-0.25, -0.2) is 8.78 Å².